The van der Waals surface area contributed by atoms with E-state index in [4.69, 9.17) is 14.7 Å². The number of anilines is 3. The molecule has 0 atom stereocenters. The molecule has 8 heteroatoms. The number of aliphatic hydroxyl groups excluding tert-OH is 1. The average molecular weight is 472 g/mol. The van der Waals surface area contributed by atoms with Gasteiger partial charge in [0.15, 0.2) is 5.82 Å². The molecule has 1 fully saturated rings. The molecule has 0 radical (unpaired) electrons. The summed E-state index contributed by atoms with van der Waals surface area (Å²) in [6, 6.07) is 17.7. The lowest BCUT2D eigenvalue weighted by Gasteiger charge is -2.31. The van der Waals surface area contributed by atoms with Crippen LogP contribution < -0.4 is 10.2 Å². The highest BCUT2D eigenvalue weighted by atomic mass is 16.5. The largest absolute Gasteiger partial charge is 0.465 e. The Morgan fingerprint density at radius 1 is 1.09 bits per heavy atom. The Balaban J connectivity index is 1.42. The zero-order chi connectivity index (χ0) is 24.4. The predicted octanol–water partition coefficient (Wildman–Crippen LogP) is 4.05. The second kappa shape index (κ2) is 9.76. The summed E-state index contributed by atoms with van der Waals surface area (Å²) >= 11 is 0. The predicted molar refractivity (Wildman–Crippen MR) is 136 cm³/mol. The molecule has 0 unspecified atom stereocenters. The maximum Gasteiger partial charge on any atom is 0.339 e. The Morgan fingerprint density at radius 3 is 2.57 bits per heavy atom. The van der Waals surface area contributed by atoms with Crippen LogP contribution in [0.2, 0.25) is 0 Å². The maximum atomic E-state index is 12.3. The fraction of sp³-hybridized carbons (Fsp3) is 0.296. The second-order valence-electron chi connectivity index (χ2n) is 8.87. The van der Waals surface area contributed by atoms with E-state index in [9.17, 15) is 9.90 Å². The smallest absolute Gasteiger partial charge is 0.339 e. The lowest BCUT2D eigenvalue weighted by Crippen LogP contribution is -2.35. The number of carbonyl (C=O) groups is 1. The molecule has 0 saturated carbocycles. The summed E-state index contributed by atoms with van der Waals surface area (Å²) in [4.78, 5) is 24.2. The summed E-state index contributed by atoms with van der Waals surface area (Å²) in [5.74, 6) is 0.918. The molecule has 35 heavy (non-hydrogen) atoms. The highest BCUT2D eigenvalue weighted by molar-refractivity contribution is 5.98. The molecular weight excluding hydrogens is 442 g/mol. The van der Waals surface area contributed by atoms with Crippen molar-refractivity contribution in [3.63, 3.8) is 0 Å². The van der Waals surface area contributed by atoms with Gasteiger partial charge in [0.25, 0.3) is 0 Å². The number of hydrogen-bond acceptors (Lipinski definition) is 7. The number of rotatable bonds is 6. The van der Waals surface area contributed by atoms with Gasteiger partial charge < -0.3 is 24.6 Å². The fourth-order valence-corrected chi connectivity index (χ4v) is 4.55. The maximum absolute atomic E-state index is 12.3. The lowest BCUT2D eigenvalue weighted by molar-refractivity contribution is 0.0602. The molecule has 5 rings (SSSR count). The Hall–Kier alpha value is -3.91. The standard InChI is InChI=1S/C27H29N5O3/c1-31-14-13-23-25(31)26(29-22-6-4-3-5-21(22)27(34)35-2)30-24(28-23)17-18-7-9-19(10-8-18)32-15-11-20(33)12-16-32/h3-10,13-14,20,33H,11-12,15-17H2,1-2H3,(H,28,29,30). The van der Waals surface area contributed by atoms with E-state index in [-0.39, 0.29) is 6.10 Å². The van der Waals surface area contributed by atoms with Gasteiger partial charge in [0, 0.05) is 38.4 Å². The number of benzene rings is 2. The number of aromatic nitrogens is 3. The van der Waals surface area contributed by atoms with Crippen LogP contribution in [0.4, 0.5) is 17.2 Å². The van der Waals surface area contributed by atoms with Crippen molar-refractivity contribution in [1.29, 1.82) is 0 Å². The molecule has 2 aromatic carbocycles. The van der Waals surface area contributed by atoms with Crippen molar-refractivity contribution in [2.45, 2.75) is 25.4 Å². The number of carbonyl (C=O) groups excluding carboxylic acids is 1. The number of esters is 1. The van der Waals surface area contributed by atoms with Crippen LogP contribution >= 0.6 is 0 Å². The van der Waals surface area contributed by atoms with E-state index in [1.54, 1.807) is 12.1 Å². The Labute approximate surface area is 204 Å². The SMILES string of the molecule is COC(=O)c1ccccc1Nc1nc(Cc2ccc(N3CCC(O)CC3)cc2)nc2ccn(C)c12. The molecule has 1 saturated heterocycles. The van der Waals surface area contributed by atoms with Crippen LogP contribution in [-0.4, -0.2) is 51.9 Å². The summed E-state index contributed by atoms with van der Waals surface area (Å²) < 4.78 is 6.90. The van der Waals surface area contributed by atoms with Crippen LogP contribution in [0.5, 0.6) is 0 Å². The molecule has 8 nitrogen and oxygen atoms in total. The van der Waals surface area contributed by atoms with E-state index in [1.165, 1.54) is 12.8 Å². The quantitative estimate of drug-likeness (QED) is 0.410. The summed E-state index contributed by atoms with van der Waals surface area (Å²) in [5.41, 5.74) is 5.04. The topological polar surface area (TPSA) is 92.5 Å². The molecule has 2 N–H and O–H groups in total. The minimum absolute atomic E-state index is 0.182. The van der Waals surface area contributed by atoms with Gasteiger partial charge in [-0.2, -0.15) is 0 Å². The summed E-state index contributed by atoms with van der Waals surface area (Å²) in [6.07, 6.45) is 3.96. The molecular formula is C27H29N5O3. The monoisotopic (exact) mass is 471 g/mol. The molecule has 0 amide bonds. The number of hydrogen-bond donors (Lipinski definition) is 2. The van der Waals surface area contributed by atoms with Crippen molar-refractivity contribution in [1.82, 2.24) is 14.5 Å². The van der Waals surface area contributed by atoms with Crippen molar-refractivity contribution in [2.24, 2.45) is 7.05 Å². The Bertz CT molecular complexity index is 1340. The van der Waals surface area contributed by atoms with Crippen LogP contribution in [0.25, 0.3) is 11.0 Å². The minimum Gasteiger partial charge on any atom is -0.465 e. The molecule has 3 heterocycles. The molecule has 0 bridgehead atoms. The minimum atomic E-state index is -0.409. The molecule has 4 aromatic rings. The third-order valence-electron chi connectivity index (χ3n) is 6.48. The zero-order valence-corrected chi connectivity index (χ0v) is 19.9. The molecule has 0 aliphatic carbocycles. The number of ether oxygens (including phenoxy) is 1. The van der Waals surface area contributed by atoms with Crippen molar-refractivity contribution in [2.75, 3.05) is 30.4 Å². The van der Waals surface area contributed by atoms with Gasteiger partial charge >= 0.3 is 5.97 Å². The highest BCUT2D eigenvalue weighted by Crippen LogP contribution is 2.28. The van der Waals surface area contributed by atoms with Crippen LogP contribution in [0, 0.1) is 0 Å². The molecule has 1 aliphatic rings. The third-order valence-corrected chi connectivity index (χ3v) is 6.48. The number of fused-ring (bicyclic) bond motifs is 1. The van der Waals surface area contributed by atoms with Gasteiger partial charge in [0.2, 0.25) is 0 Å². The van der Waals surface area contributed by atoms with Crippen LogP contribution in [-0.2, 0) is 18.2 Å². The Morgan fingerprint density at radius 2 is 1.83 bits per heavy atom. The normalized spacial score (nSPS) is 14.3. The molecule has 0 spiro atoms. The second-order valence-corrected chi connectivity index (χ2v) is 8.87. The zero-order valence-electron chi connectivity index (χ0n) is 19.9. The van der Waals surface area contributed by atoms with Crippen molar-refractivity contribution in [3.8, 4) is 0 Å². The van der Waals surface area contributed by atoms with Gasteiger partial charge in [-0.3, -0.25) is 0 Å². The van der Waals surface area contributed by atoms with Gasteiger partial charge in [0.1, 0.15) is 11.3 Å². The van der Waals surface area contributed by atoms with Crippen LogP contribution in [0.3, 0.4) is 0 Å². The van der Waals surface area contributed by atoms with Gasteiger partial charge in [-0.25, -0.2) is 14.8 Å². The van der Waals surface area contributed by atoms with Crippen molar-refractivity contribution >= 4 is 34.2 Å². The van der Waals surface area contributed by atoms with Crippen molar-refractivity contribution in [3.05, 3.63) is 77.7 Å². The number of methoxy groups -OCH3 is 1. The van der Waals surface area contributed by atoms with E-state index < -0.39 is 5.97 Å². The lowest BCUT2D eigenvalue weighted by atomic mass is 10.1. The van der Waals surface area contributed by atoms with Gasteiger partial charge in [0.05, 0.1) is 30.0 Å². The van der Waals surface area contributed by atoms with Crippen molar-refractivity contribution < 1.29 is 14.6 Å². The molecule has 180 valence electrons. The number of para-hydroxylation sites is 1. The number of piperidine rings is 1. The first-order chi connectivity index (χ1) is 17.0. The first kappa shape index (κ1) is 22.9. The van der Waals surface area contributed by atoms with Crippen LogP contribution in [0.1, 0.15) is 34.6 Å². The number of nitrogens with one attached hydrogen (secondary N) is 1. The fourth-order valence-electron chi connectivity index (χ4n) is 4.55. The first-order valence-corrected chi connectivity index (χ1v) is 11.8. The summed E-state index contributed by atoms with van der Waals surface area (Å²) in [7, 11) is 3.32. The number of aliphatic hydroxyl groups is 1. The molecule has 1 aliphatic heterocycles. The van der Waals surface area contributed by atoms with E-state index in [1.807, 2.05) is 36.0 Å². The highest BCUT2D eigenvalue weighted by Gasteiger charge is 2.18. The summed E-state index contributed by atoms with van der Waals surface area (Å²) in [5, 5.41) is 13.1. The van der Waals surface area contributed by atoms with E-state index >= 15 is 0 Å². The van der Waals surface area contributed by atoms with E-state index in [2.05, 4.69) is 34.5 Å². The average Bonchev–Trinajstić information content (AvgIpc) is 3.25. The third kappa shape index (κ3) is 4.83. The number of aryl methyl sites for hydroxylation is 1. The van der Waals surface area contributed by atoms with Crippen LogP contribution in [0.15, 0.2) is 60.8 Å². The van der Waals surface area contributed by atoms with Gasteiger partial charge in [-0.05, 0) is 48.7 Å². The van der Waals surface area contributed by atoms with Gasteiger partial charge in [-0.1, -0.05) is 24.3 Å². The number of nitrogens with zero attached hydrogens (tertiary/aromatic N) is 4. The molecule has 2 aromatic heterocycles. The summed E-state index contributed by atoms with van der Waals surface area (Å²) in [6.45, 7) is 1.74. The van der Waals surface area contributed by atoms with E-state index in [0.29, 0.717) is 29.3 Å². The Kier molecular flexibility index (Phi) is 6.37. The van der Waals surface area contributed by atoms with Gasteiger partial charge in [-0.15, -0.1) is 0 Å². The first-order valence-electron chi connectivity index (χ1n) is 11.8. The van der Waals surface area contributed by atoms with E-state index in [0.717, 1.165) is 42.5 Å².